The largest absolute Gasteiger partial charge is 0.0843 e. The Bertz CT molecular complexity index is 308. The van der Waals surface area contributed by atoms with Crippen molar-refractivity contribution in [3.05, 3.63) is 34.3 Å². The second kappa shape index (κ2) is 4.35. The number of aryl methyl sites for hydroxylation is 1. The zero-order valence-electron chi connectivity index (χ0n) is 9.52. The molecule has 0 aliphatic rings. The van der Waals surface area contributed by atoms with E-state index < -0.39 is 0 Å². The standard InChI is InChI=1S/C13H19Cl/c1-5-6-10-9-11(14)7-8-12(10)13(2,3)4/h7-9H,5-6H2,1-4H3. The molecule has 0 spiro atoms. The van der Waals surface area contributed by atoms with Crippen LogP contribution in [0.1, 0.15) is 45.2 Å². The third-order valence-corrected chi connectivity index (χ3v) is 2.63. The van der Waals surface area contributed by atoms with Crippen molar-refractivity contribution in [1.82, 2.24) is 0 Å². The van der Waals surface area contributed by atoms with E-state index in [0.29, 0.717) is 0 Å². The Morgan fingerprint density at radius 2 is 1.86 bits per heavy atom. The van der Waals surface area contributed by atoms with Gasteiger partial charge in [-0.15, -0.1) is 0 Å². The average Bonchev–Trinajstić information content (AvgIpc) is 2.02. The highest BCUT2D eigenvalue weighted by Gasteiger charge is 2.17. The normalized spacial score (nSPS) is 11.8. The molecule has 0 amide bonds. The van der Waals surface area contributed by atoms with E-state index in [1.807, 2.05) is 6.07 Å². The first kappa shape index (κ1) is 11.6. The van der Waals surface area contributed by atoms with E-state index in [1.165, 1.54) is 17.5 Å². The number of benzene rings is 1. The average molecular weight is 211 g/mol. The van der Waals surface area contributed by atoms with E-state index in [4.69, 9.17) is 11.6 Å². The Morgan fingerprint density at radius 3 is 2.36 bits per heavy atom. The van der Waals surface area contributed by atoms with Crippen molar-refractivity contribution >= 4 is 11.6 Å². The fourth-order valence-corrected chi connectivity index (χ4v) is 1.96. The van der Waals surface area contributed by atoms with Crippen LogP contribution in [-0.2, 0) is 11.8 Å². The molecule has 0 N–H and O–H groups in total. The van der Waals surface area contributed by atoms with Gasteiger partial charge in [0.05, 0.1) is 0 Å². The summed E-state index contributed by atoms with van der Waals surface area (Å²) >= 11 is 6.00. The fourth-order valence-electron chi connectivity index (χ4n) is 1.77. The maximum atomic E-state index is 6.00. The Hall–Kier alpha value is -0.490. The second-order valence-electron chi connectivity index (χ2n) is 4.80. The second-order valence-corrected chi connectivity index (χ2v) is 5.24. The highest BCUT2D eigenvalue weighted by Crippen LogP contribution is 2.28. The molecule has 0 bridgehead atoms. The molecule has 0 aliphatic heterocycles. The molecule has 0 unspecified atom stereocenters. The molecule has 0 fully saturated rings. The molecule has 0 aliphatic carbocycles. The van der Waals surface area contributed by atoms with Crippen molar-refractivity contribution < 1.29 is 0 Å². The highest BCUT2D eigenvalue weighted by molar-refractivity contribution is 6.30. The zero-order valence-corrected chi connectivity index (χ0v) is 10.3. The van der Waals surface area contributed by atoms with E-state index in [9.17, 15) is 0 Å². The molecule has 1 rings (SSSR count). The van der Waals surface area contributed by atoms with Gasteiger partial charge in [0.25, 0.3) is 0 Å². The molecule has 0 radical (unpaired) electrons. The van der Waals surface area contributed by atoms with Crippen LogP contribution >= 0.6 is 11.6 Å². The van der Waals surface area contributed by atoms with Gasteiger partial charge in [0.2, 0.25) is 0 Å². The molecular weight excluding hydrogens is 192 g/mol. The molecule has 0 nitrogen and oxygen atoms in total. The van der Waals surface area contributed by atoms with Gasteiger partial charge in [-0.05, 0) is 35.1 Å². The summed E-state index contributed by atoms with van der Waals surface area (Å²) in [5.74, 6) is 0. The highest BCUT2D eigenvalue weighted by atomic mass is 35.5. The summed E-state index contributed by atoms with van der Waals surface area (Å²) in [5, 5.41) is 0.849. The van der Waals surface area contributed by atoms with Gasteiger partial charge in [0.1, 0.15) is 0 Å². The van der Waals surface area contributed by atoms with Crippen LogP contribution in [0.3, 0.4) is 0 Å². The maximum absolute atomic E-state index is 6.00. The van der Waals surface area contributed by atoms with Gasteiger partial charge in [0, 0.05) is 5.02 Å². The minimum Gasteiger partial charge on any atom is -0.0843 e. The van der Waals surface area contributed by atoms with Gasteiger partial charge in [-0.25, -0.2) is 0 Å². The summed E-state index contributed by atoms with van der Waals surface area (Å²) in [4.78, 5) is 0. The van der Waals surface area contributed by atoms with Crippen LogP contribution < -0.4 is 0 Å². The van der Waals surface area contributed by atoms with E-state index in [0.717, 1.165) is 11.4 Å². The Morgan fingerprint density at radius 1 is 1.21 bits per heavy atom. The number of hydrogen-bond acceptors (Lipinski definition) is 0. The van der Waals surface area contributed by atoms with Crippen molar-refractivity contribution in [3.63, 3.8) is 0 Å². The van der Waals surface area contributed by atoms with Crippen LogP contribution in [0, 0.1) is 0 Å². The smallest absolute Gasteiger partial charge is 0.0408 e. The van der Waals surface area contributed by atoms with Crippen LogP contribution in [0.25, 0.3) is 0 Å². The molecule has 0 atom stereocenters. The molecule has 78 valence electrons. The topological polar surface area (TPSA) is 0 Å². The third kappa shape index (κ3) is 2.75. The number of hydrogen-bond donors (Lipinski definition) is 0. The molecule has 1 heteroatoms. The van der Waals surface area contributed by atoms with Crippen molar-refractivity contribution in [1.29, 1.82) is 0 Å². The molecular formula is C13H19Cl. The summed E-state index contributed by atoms with van der Waals surface area (Å²) < 4.78 is 0. The predicted octanol–water partition coefficient (Wildman–Crippen LogP) is 4.59. The van der Waals surface area contributed by atoms with Crippen LogP contribution in [0.15, 0.2) is 18.2 Å². The summed E-state index contributed by atoms with van der Waals surface area (Å²) in [6.45, 7) is 8.94. The molecule has 0 heterocycles. The summed E-state index contributed by atoms with van der Waals surface area (Å²) in [5.41, 5.74) is 3.03. The number of halogens is 1. The van der Waals surface area contributed by atoms with Gasteiger partial charge in [-0.3, -0.25) is 0 Å². The predicted molar refractivity (Wildman–Crippen MR) is 64.1 cm³/mol. The van der Waals surface area contributed by atoms with Crippen LogP contribution in [0.4, 0.5) is 0 Å². The Kier molecular flexibility index (Phi) is 3.60. The van der Waals surface area contributed by atoms with Crippen LogP contribution in [0.2, 0.25) is 5.02 Å². The molecule has 1 aromatic carbocycles. The summed E-state index contributed by atoms with van der Waals surface area (Å²) in [6, 6.07) is 6.25. The molecule has 0 saturated heterocycles. The minimum atomic E-state index is 0.217. The molecule has 14 heavy (non-hydrogen) atoms. The Labute approximate surface area is 92.3 Å². The first-order chi connectivity index (χ1) is 6.45. The molecule has 0 aromatic heterocycles. The van der Waals surface area contributed by atoms with Crippen molar-refractivity contribution in [2.45, 2.75) is 46.0 Å². The summed E-state index contributed by atoms with van der Waals surface area (Å²) in [7, 11) is 0. The first-order valence-corrected chi connectivity index (χ1v) is 5.62. The van der Waals surface area contributed by atoms with E-state index >= 15 is 0 Å². The van der Waals surface area contributed by atoms with E-state index in [2.05, 4.69) is 39.8 Å². The summed E-state index contributed by atoms with van der Waals surface area (Å²) in [6.07, 6.45) is 2.29. The third-order valence-electron chi connectivity index (χ3n) is 2.39. The lowest BCUT2D eigenvalue weighted by Gasteiger charge is -2.23. The Balaban J connectivity index is 3.15. The van der Waals surface area contributed by atoms with Gasteiger partial charge in [-0.1, -0.05) is 51.8 Å². The fraction of sp³-hybridized carbons (Fsp3) is 0.538. The van der Waals surface area contributed by atoms with Crippen LogP contribution in [0.5, 0.6) is 0 Å². The lowest BCUT2D eigenvalue weighted by atomic mass is 9.83. The SMILES string of the molecule is CCCc1cc(Cl)ccc1C(C)(C)C. The number of rotatable bonds is 2. The molecule has 1 aromatic rings. The van der Waals surface area contributed by atoms with Crippen molar-refractivity contribution in [2.24, 2.45) is 0 Å². The van der Waals surface area contributed by atoms with Gasteiger partial charge >= 0.3 is 0 Å². The lowest BCUT2D eigenvalue weighted by Crippen LogP contribution is -2.14. The van der Waals surface area contributed by atoms with Crippen LogP contribution in [-0.4, -0.2) is 0 Å². The zero-order chi connectivity index (χ0) is 10.8. The van der Waals surface area contributed by atoms with Crippen molar-refractivity contribution in [3.8, 4) is 0 Å². The van der Waals surface area contributed by atoms with Gasteiger partial charge in [0.15, 0.2) is 0 Å². The minimum absolute atomic E-state index is 0.217. The van der Waals surface area contributed by atoms with Gasteiger partial charge < -0.3 is 0 Å². The van der Waals surface area contributed by atoms with Gasteiger partial charge in [-0.2, -0.15) is 0 Å². The first-order valence-electron chi connectivity index (χ1n) is 5.24. The quantitative estimate of drug-likeness (QED) is 0.670. The van der Waals surface area contributed by atoms with E-state index in [-0.39, 0.29) is 5.41 Å². The monoisotopic (exact) mass is 210 g/mol. The van der Waals surface area contributed by atoms with E-state index in [1.54, 1.807) is 0 Å². The maximum Gasteiger partial charge on any atom is 0.0408 e. The van der Waals surface area contributed by atoms with Crippen molar-refractivity contribution in [2.75, 3.05) is 0 Å². The molecule has 0 saturated carbocycles. The lowest BCUT2D eigenvalue weighted by molar-refractivity contribution is 0.581.